The van der Waals surface area contributed by atoms with Crippen molar-refractivity contribution in [3.05, 3.63) is 6.33 Å². The Morgan fingerprint density at radius 1 is 1.47 bits per heavy atom. The zero-order valence-electron chi connectivity index (χ0n) is 11.2. The second kappa shape index (κ2) is 5.48. The first-order valence-electron chi connectivity index (χ1n) is 6.35. The standard InChI is InChI=1S/C11H20N4O3S/c1-3-18-9-4-6-15(7-5-9)19(16,17)11-10(12)13-8-14(11)2/h8-9H,3-7,12H2,1-2H3. The number of piperidine rings is 1. The second-order valence-electron chi connectivity index (χ2n) is 4.60. The number of anilines is 1. The normalized spacial score (nSPS) is 18.8. The van der Waals surface area contributed by atoms with E-state index in [1.54, 1.807) is 7.05 Å². The molecule has 8 heteroatoms. The Hall–Kier alpha value is -1.12. The number of imidazole rings is 1. The zero-order chi connectivity index (χ0) is 14.0. The number of aromatic nitrogens is 2. The Bertz CT molecular complexity index is 513. The molecule has 1 saturated heterocycles. The van der Waals surface area contributed by atoms with E-state index in [0.29, 0.717) is 32.5 Å². The van der Waals surface area contributed by atoms with Crippen LogP contribution >= 0.6 is 0 Å². The minimum Gasteiger partial charge on any atom is -0.381 e. The van der Waals surface area contributed by atoms with Gasteiger partial charge in [0.1, 0.15) is 0 Å². The number of hydrogen-bond acceptors (Lipinski definition) is 5. The molecule has 0 spiro atoms. The summed E-state index contributed by atoms with van der Waals surface area (Å²) < 4.78 is 33.4. The van der Waals surface area contributed by atoms with Crippen molar-refractivity contribution in [3.8, 4) is 0 Å². The Morgan fingerprint density at radius 2 is 2.11 bits per heavy atom. The van der Waals surface area contributed by atoms with Crippen molar-refractivity contribution in [3.63, 3.8) is 0 Å². The van der Waals surface area contributed by atoms with E-state index < -0.39 is 10.0 Å². The van der Waals surface area contributed by atoms with Crippen molar-refractivity contribution in [1.29, 1.82) is 0 Å². The van der Waals surface area contributed by atoms with Crippen LogP contribution in [-0.4, -0.2) is 48.1 Å². The van der Waals surface area contributed by atoms with Crippen LogP contribution in [0.5, 0.6) is 0 Å². The predicted molar refractivity (Wildman–Crippen MR) is 71.0 cm³/mol. The molecule has 7 nitrogen and oxygen atoms in total. The number of nitrogen functional groups attached to an aromatic ring is 1. The number of ether oxygens (including phenoxy) is 1. The van der Waals surface area contributed by atoms with Crippen molar-refractivity contribution in [2.24, 2.45) is 7.05 Å². The topological polar surface area (TPSA) is 90.4 Å². The van der Waals surface area contributed by atoms with Crippen LogP contribution in [0.4, 0.5) is 5.82 Å². The summed E-state index contributed by atoms with van der Waals surface area (Å²) in [7, 11) is -1.94. The Kier molecular flexibility index (Phi) is 4.12. The van der Waals surface area contributed by atoms with Crippen molar-refractivity contribution >= 4 is 15.8 Å². The lowest BCUT2D eigenvalue weighted by Gasteiger charge is -2.30. The Morgan fingerprint density at radius 3 is 2.58 bits per heavy atom. The molecule has 0 bridgehead atoms. The zero-order valence-corrected chi connectivity index (χ0v) is 12.1. The number of nitrogens with zero attached hydrogens (tertiary/aromatic N) is 3. The van der Waals surface area contributed by atoms with E-state index in [1.807, 2.05) is 6.92 Å². The highest BCUT2D eigenvalue weighted by atomic mass is 32.2. The molecule has 0 amide bonds. The van der Waals surface area contributed by atoms with Crippen molar-refractivity contribution < 1.29 is 13.2 Å². The van der Waals surface area contributed by atoms with Gasteiger partial charge in [-0.1, -0.05) is 0 Å². The molecule has 108 valence electrons. The van der Waals surface area contributed by atoms with Gasteiger partial charge in [0, 0.05) is 26.7 Å². The van der Waals surface area contributed by atoms with E-state index in [1.165, 1.54) is 15.2 Å². The third-order valence-electron chi connectivity index (χ3n) is 3.30. The largest absolute Gasteiger partial charge is 0.381 e. The fourth-order valence-corrected chi connectivity index (χ4v) is 4.01. The van der Waals surface area contributed by atoms with Gasteiger partial charge in [0.25, 0.3) is 10.0 Å². The molecule has 1 fully saturated rings. The van der Waals surface area contributed by atoms with E-state index in [0.717, 1.165) is 0 Å². The van der Waals surface area contributed by atoms with Gasteiger partial charge in [0.05, 0.1) is 12.4 Å². The molecule has 1 aliphatic heterocycles. The average Bonchev–Trinajstić information content (AvgIpc) is 2.70. The molecule has 0 radical (unpaired) electrons. The van der Waals surface area contributed by atoms with Crippen molar-refractivity contribution in [1.82, 2.24) is 13.9 Å². The fraction of sp³-hybridized carbons (Fsp3) is 0.727. The lowest BCUT2D eigenvalue weighted by molar-refractivity contribution is 0.0289. The summed E-state index contributed by atoms with van der Waals surface area (Å²) >= 11 is 0. The molecule has 0 saturated carbocycles. The molecule has 2 N–H and O–H groups in total. The third-order valence-corrected chi connectivity index (χ3v) is 5.33. The molecule has 0 unspecified atom stereocenters. The molecule has 19 heavy (non-hydrogen) atoms. The van der Waals surface area contributed by atoms with Gasteiger partial charge in [-0.3, -0.25) is 0 Å². The van der Waals surface area contributed by atoms with Crippen LogP contribution in [0.15, 0.2) is 11.4 Å². The summed E-state index contributed by atoms with van der Waals surface area (Å²) in [5, 5.41) is 0.0716. The van der Waals surface area contributed by atoms with E-state index in [9.17, 15) is 8.42 Å². The monoisotopic (exact) mass is 288 g/mol. The minimum absolute atomic E-state index is 0.0504. The maximum absolute atomic E-state index is 12.5. The fourth-order valence-electron chi connectivity index (χ4n) is 2.35. The molecule has 0 aromatic carbocycles. The first kappa shape index (κ1) is 14.3. The van der Waals surface area contributed by atoms with Gasteiger partial charge < -0.3 is 15.0 Å². The highest BCUT2D eigenvalue weighted by molar-refractivity contribution is 7.89. The van der Waals surface area contributed by atoms with Crippen LogP contribution in [-0.2, 0) is 21.8 Å². The molecule has 1 aromatic heterocycles. The van der Waals surface area contributed by atoms with Crippen LogP contribution in [0, 0.1) is 0 Å². The number of nitrogens with two attached hydrogens (primary N) is 1. The lowest BCUT2D eigenvalue weighted by Crippen LogP contribution is -2.41. The smallest absolute Gasteiger partial charge is 0.262 e. The number of rotatable bonds is 4. The molecule has 1 aromatic rings. The summed E-state index contributed by atoms with van der Waals surface area (Å²) in [6.07, 6.45) is 2.99. The molecule has 2 heterocycles. The van der Waals surface area contributed by atoms with E-state index in [-0.39, 0.29) is 16.9 Å². The van der Waals surface area contributed by atoms with Crippen LogP contribution in [0.1, 0.15) is 19.8 Å². The van der Waals surface area contributed by atoms with Gasteiger partial charge >= 0.3 is 0 Å². The maximum atomic E-state index is 12.5. The van der Waals surface area contributed by atoms with Crippen molar-refractivity contribution in [2.75, 3.05) is 25.4 Å². The van der Waals surface area contributed by atoms with E-state index in [4.69, 9.17) is 10.5 Å². The quantitative estimate of drug-likeness (QED) is 0.854. The van der Waals surface area contributed by atoms with E-state index >= 15 is 0 Å². The van der Waals surface area contributed by atoms with Crippen LogP contribution in [0.25, 0.3) is 0 Å². The van der Waals surface area contributed by atoms with Gasteiger partial charge in [-0.25, -0.2) is 13.4 Å². The lowest BCUT2D eigenvalue weighted by atomic mass is 10.1. The maximum Gasteiger partial charge on any atom is 0.262 e. The van der Waals surface area contributed by atoms with Gasteiger partial charge in [0.2, 0.25) is 0 Å². The first-order chi connectivity index (χ1) is 8.96. The summed E-state index contributed by atoms with van der Waals surface area (Å²) in [6, 6.07) is 0. The number of hydrogen-bond donors (Lipinski definition) is 1. The van der Waals surface area contributed by atoms with Crippen LogP contribution < -0.4 is 5.73 Å². The molecular weight excluding hydrogens is 268 g/mol. The van der Waals surface area contributed by atoms with Crippen molar-refractivity contribution in [2.45, 2.75) is 30.9 Å². The minimum atomic E-state index is -3.57. The van der Waals surface area contributed by atoms with Gasteiger partial charge in [-0.05, 0) is 19.8 Å². The molecule has 1 aliphatic rings. The SMILES string of the molecule is CCOC1CCN(S(=O)(=O)c2c(N)ncn2C)CC1. The summed E-state index contributed by atoms with van der Waals surface area (Å²) in [6.45, 7) is 3.51. The average molecular weight is 288 g/mol. The van der Waals surface area contributed by atoms with E-state index in [2.05, 4.69) is 4.98 Å². The highest BCUT2D eigenvalue weighted by Gasteiger charge is 2.33. The van der Waals surface area contributed by atoms with Gasteiger partial charge in [-0.2, -0.15) is 4.31 Å². The number of aryl methyl sites for hydroxylation is 1. The van der Waals surface area contributed by atoms with Crippen LogP contribution in [0.3, 0.4) is 0 Å². The molecule has 0 atom stereocenters. The van der Waals surface area contributed by atoms with Gasteiger partial charge in [-0.15, -0.1) is 0 Å². The Balaban J connectivity index is 2.15. The predicted octanol–water partition coefficient (Wildman–Crippen LogP) is 0.192. The Labute approximate surface area is 113 Å². The third kappa shape index (κ3) is 2.75. The summed E-state index contributed by atoms with van der Waals surface area (Å²) in [4.78, 5) is 3.83. The molecule has 0 aliphatic carbocycles. The second-order valence-corrected chi connectivity index (χ2v) is 6.46. The number of sulfonamides is 1. The summed E-state index contributed by atoms with van der Waals surface area (Å²) in [5.74, 6) is 0.0504. The first-order valence-corrected chi connectivity index (χ1v) is 7.79. The highest BCUT2D eigenvalue weighted by Crippen LogP contribution is 2.24. The van der Waals surface area contributed by atoms with Crippen LogP contribution in [0.2, 0.25) is 0 Å². The van der Waals surface area contributed by atoms with Gasteiger partial charge in [0.15, 0.2) is 10.8 Å². The summed E-state index contributed by atoms with van der Waals surface area (Å²) in [5.41, 5.74) is 5.65. The molecular formula is C11H20N4O3S. The molecule has 2 rings (SSSR count).